The Morgan fingerprint density at radius 1 is 1.30 bits per heavy atom. The number of anilines is 2. The molecule has 0 saturated carbocycles. The molecular formula is C21H24N4O3S2. The molecule has 2 heterocycles. The molecule has 30 heavy (non-hydrogen) atoms. The number of nitrogens with zero attached hydrogens (tertiary/aromatic N) is 2. The number of methoxy groups -OCH3 is 2. The summed E-state index contributed by atoms with van der Waals surface area (Å²) in [5, 5.41) is 11.7. The maximum Gasteiger partial charge on any atom is 0.341 e. The molecule has 2 N–H and O–H groups in total. The Hall–Kier alpha value is -2.91. The van der Waals surface area contributed by atoms with Crippen molar-refractivity contribution in [2.75, 3.05) is 24.9 Å². The van der Waals surface area contributed by atoms with Gasteiger partial charge in [-0.15, -0.1) is 11.3 Å². The highest BCUT2D eigenvalue weighted by molar-refractivity contribution is 7.80. The molecule has 158 valence electrons. The number of nitrogens with one attached hydrogen (secondary N) is 2. The van der Waals surface area contributed by atoms with E-state index in [1.165, 1.54) is 18.4 Å². The topological polar surface area (TPSA) is 77.4 Å². The van der Waals surface area contributed by atoms with Crippen molar-refractivity contribution in [3.05, 3.63) is 58.2 Å². The van der Waals surface area contributed by atoms with Gasteiger partial charge in [-0.1, -0.05) is 19.1 Å². The van der Waals surface area contributed by atoms with Crippen molar-refractivity contribution in [3.8, 4) is 5.75 Å². The zero-order valence-electron chi connectivity index (χ0n) is 17.3. The predicted molar refractivity (Wildman–Crippen MR) is 124 cm³/mol. The molecule has 0 spiro atoms. The van der Waals surface area contributed by atoms with Gasteiger partial charge in [0.25, 0.3) is 0 Å². The second-order valence-corrected chi connectivity index (χ2v) is 8.18. The molecule has 3 rings (SSSR count). The van der Waals surface area contributed by atoms with Crippen molar-refractivity contribution in [2.45, 2.75) is 26.8 Å². The summed E-state index contributed by atoms with van der Waals surface area (Å²) in [7, 11) is 3.03. The Bertz CT molecular complexity index is 1060. The fraction of sp³-hybridized carbons (Fsp3) is 0.286. The Kier molecular flexibility index (Phi) is 7.07. The van der Waals surface area contributed by atoms with Gasteiger partial charge in [-0.25, -0.2) is 4.79 Å². The summed E-state index contributed by atoms with van der Waals surface area (Å²) in [6, 6.07) is 7.84. The maximum absolute atomic E-state index is 12.2. The number of aromatic nitrogens is 2. The Balaban J connectivity index is 1.68. The minimum absolute atomic E-state index is 0.368. The average Bonchev–Trinajstić information content (AvgIpc) is 3.30. The number of thiocarbonyl (C=S) groups is 1. The van der Waals surface area contributed by atoms with Gasteiger partial charge in [0.2, 0.25) is 0 Å². The normalized spacial score (nSPS) is 10.5. The molecule has 0 aliphatic rings. The smallest absolute Gasteiger partial charge is 0.341 e. The Morgan fingerprint density at radius 3 is 2.80 bits per heavy atom. The molecule has 7 nitrogen and oxygen atoms in total. The van der Waals surface area contributed by atoms with Gasteiger partial charge < -0.3 is 20.1 Å². The van der Waals surface area contributed by atoms with Gasteiger partial charge in [0.05, 0.1) is 38.2 Å². The quantitative estimate of drug-likeness (QED) is 0.411. The molecule has 0 aliphatic carbocycles. The van der Waals surface area contributed by atoms with E-state index in [1.807, 2.05) is 49.0 Å². The molecule has 0 fully saturated rings. The van der Waals surface area contributed by atoms with E-state index < -0.39 is 0 Å². The van der Waals surface area contributed by atoms with Crippen LogP contribution in [0.15, 0.2) is 36.7 Å². The largest absolute Gasteiger partial charge is 0.497 e. The highest BCUT2D eigenvalue weighted by atomic mass is 32.1. The van der Waals surface area contributed by atoms with Crippen LogP contribution < -0.4 is 15.4 Å². The molecule has 1 aromatic carbocycles. The first-order valence-corrected chi connectivity index (χ1v) is 10.6. The minimum Gasteiger partial charge on any atom is -0.497 e. The molecule has 0 amide bonds. The number of benzene rings is 1. The van der Waals surface area contributed by atoms with Gasteiger partial charge in [0.1, 0.15) is 10.8 Å². The SMILES string of the molecule is CCc1c(C)sc(NC(=S)Nc2cnn(Cc3cccc(OC)c3)c2)c1C(=O)OC. The van der Waals surface area contributed by atoms with Gasteiger partial charge in [0, 0.05) is 11.1 Å². The van der Waals surface area contributed by atoms with Crippen molar-refractivity contribution in [1.82, 2.24) is 9.78 Å². The molecule has 0 atom stereocenters. The fourth-order valence-electron chi connectivity index (χ4n) is 3.15. The predicted octanol–water partition coefficient (Wildman–Crippen LogP) is 4.47. The summed E-state index contributed by atoms with van der Waals surface area (Å²) in [5.74, 6) is 0.440. The third-order valence-electron chi connectivity index (χ3n) is 4.55. The number of hydrogen-bond donors (Lipinski definition) is 2. The molecule has 0 saturated heterocycles. The van der Waals surface area contributed by atoms with Gasteiger partial charge in [-0.2, -0.15) is 5.10 Å². The van der Waals surface area contributed by atoms with Gasteiger partial charge in [-0.3, -0.25) is 4.68 Å². The van der Waals surface area contributed by atoms with Crippen LogP contribution in [0.4, 0.5) is 10.7 Å². The molecule has 2 aromatic heterocycles. The Labute approximate surface area is 185 Å². The average molecular weight is 445 g/mol. The van der Waals surface area contributed by atoms with Crippen LogP contribution in [0.2, 0.25) is 0 Å². The lowest BCUT2D eigenvalue weighted by molar-refractivity contribution is 0.0601. The standard InChI is InChI=1S/C21H24N4O3S2/c1-5-17-13(2)30-19(18(17)20(26)28-4)24-21(29)23-15-10-22-25(12-15)11-14-7-6-8-16(9-14)27-3/h6-10,12H,5,11H2,1-4H3,(H2,23,24,29). The van der Waals surface area contributed by atoms with Gasteiger partial charge in [0.15, 0.2) is 5.11 Å². The van der Waals surface area contributed by atoms with Gasteiger partial charge in [-0.05, 0) is 48.8 Å². The number of ether oxygens (including phenoxy) is 2. The minimum atomic E-state index is -0.368. The second-order valence-electron chi connectivity index (χ2n) is 6.54. The van der Waals surface area contributed by atoms with E-state index in [1.54, 1.807) is 13.3 Å². The lowest BCUT2D eigenvalue weighted by Gasteiger charge is -2.09. The highest BCUT2D eigenvalue weighted by Crippen LogP contribution is 2.34. The van der Waals surface area contributed by atoms with Crippen LogP contribution in [0, 0.1) is 6.92 Å². The maximum atomic E-state index is 12.2. The van der Waals surface area contributed by atoms with E-state index >= 15 is 0 Å². The van der Waals surface area contributed by atoms with Crippen LogP contribution in [0.3, 0.4) is 0 Å². The highest BCUT2D eigenvalue weighted by Gasteiger charge is 2.22. The summed E-state index contributed by atoms with van der Waals surface area (Å²) < 4.78 is 12.0. The van der Waals surface area contributed by atoms with Crippen LogP contribution >= 0.6 is 23.6 Å². The lowest BCUT2D eigenvalue weighted by Crippen LogP contribution is -2.20. The first-order chi connectivity index (χ1) is 14.4. The van der Waals surface area contributed by atoms with E-state index in [0.717, 1.165) is 33.9 Å². The van der Waals surface area contributed by atoms with Crippen LogP contribution in [0.1, 0.15) is 33.3 Å². The summed E-state index contributed by atoms with van der Waals surface area (Å²) >= 11 is 6.93. The molecule has 0 bridgehead atoms. The van der Waals surface area contributed by atoms with Crippen molar-refractivity contribution in [2.24, 2.45) is 0 Å². The number of esters is 1. The van der Waals surface area contributed by atoms with Crippen LogP contribution in [0.25, 0.3) is 0 Å². The van der Waals surface area contributed by atoms with Crippen molar-refractivity contribution < 1.29 is 14.3 Å². The number of carbonyl (C=O) groups is 1. The summed E-state index contributed by atoms with van der Waals surface area (Å²) in [6.07, 6.45) is 4.31. The first-order valence-electron chi connectivity index (χ1n) is 9.39. The van der Waals surface area contributed by atoms with Crippen LogP contribution in [-0.4, -0.2) is 35.1 Å². The monoisotopic (exact) mass is 444 g/mol. The molecule has 3 aromatic rings. The number of rotatable bonds is 7. The van der Waals surface area contributed by atoms with E-state index in [2.05, 4.69) is 15.7 Å². The summed E-state index contributed by atoms with van der Waals surface area (Å²) in [4.78, 5) is 13.3. The first kappa shape index (κ1) is 21.8. The number of aryl methyl sites for hydroxylation is 1. The lowest BCUT2D eigenvalue weighted by atomic mass is 10.1. The fourth-order valence-corrected chi connectivity index (χ4v) is 4.57. The third-order valence-corrected chi connectivity index (χ3v) is 5.82. The Morgan fingerprint density at radius 2 is 2.10 bits per heavy atom. The summed E-state index contributed by atoms with van der Waals surface area (Å²) in [6.45, 7) is 4.61. The number of carbonyl (C=O) groups excluding carboxylic acids is 1. The molecule has 0 aliphatic heterocycles. The molecule has 9 heteroatoms. The van der Waals surface area contributed by atoms with Gasteiger partial charge >= 0.3 is 5.97 Å². The molecule has 0 radical (unpaired) electrons. The third kappa shape index (κ3) is 4.98. The van der Waals surface area contributed by atoms with Crippen molar-refractivity contribution >= 4 is 45.3 Å². The number of thiophene rings is 1. The zero-order chi connectivity index (χ0) is 21.7. The van der Waals surface area contributed by atoms with E-state index in [4.69, 9.17) is 21.7 Å². The van der Waals surface area contributed by atoms with Crippen molar-refractivity contribution in [3.63, 3.8) is 0 Å². The summed E-state index contributed by atoms with van der Waals surface area (Å²) in [5.41, 5.74) is 3.34. The number of hydrogen-bond acceptors (Lipinski definition) is 6. The zero-order valence-corrected chi connectivity index (χ0v) is 18.9. The van der Waals surface area contributed by atoms with E-state index in [-0.39, 0.29) is 5.97 Å². The molecule has 0 unspecified atom stereocenters. The van der Waals surface area contributed by atoms with Crippen LogP contribution in [0.5, 0.6) is 5.75 Å². The second kappa shape index (κ2) is 9.73. The molecular weight excluding hydrogens is 420 g/mol. The van der Waals surface area contributed by atoms with E-state index in [0.29, 0.717) is 22.2 Å². The van der Waals surface area contributed by atoms with Crippen LogP contribution in [-0.2, 0) is 17.7 Å². The van der Waals surface area contributed by atoms with Crippen molar-refractivity contribution in [1.29, 1.82) is 0 Å². The van der Waals surface area contributed by atoms with E-state index in [9.17, 15) is 4.79 Å².